The Kier molecular flexibility index (Phi) is 8.09. The predicted octanol–water partition coefficient (Wildman–Crippen LogP) is -2.74. The first-order valence-electron chi connectivity index (χ1n) is 9.27. The number of nitrogens with one attached hydrogen (secondary N) is 5. The number of nitrogens with zero attached hydrogens (tertiary/aromatic N) is 1. The maximum absolute atomic E-state index is 12.6. The Labute approximate surface area is 166 Å². The quantitative estimate of drug-likeness (QED) is 0.216. The van der Waals surface area contributed by atoms with Crippen LogP contribution in [-0.4, -0.2) is 81.2 Å². The van der Waals surface area contributed by atoms with Crippen molar-refractivity contribution in [1.29, 1.82) is 0 Å². The van der Waals surface area contributed by atoms with Gasteiger partial charge in [0.15, 0.2) is 6.04 Å². The Morgan fingerprint density at radius 1 is 1.31 bits per heavy atom. The van der Waals surface area contributed by atoms with E-state index in [4.69, 9.17) is 5.11 Å². The highest BCUT2D eigenvalue weighted by molar-refractivity contribution is 5.92. The molecule has 29 heavy (non-hydrogen) atoms. The third kappa shape index (κ3) is 6.84. The summed E-state index contributed by atoms with van der Waals surface area (Å²) in [7, 11) is 0. The number of hydrogen-bond acceptors (Lipinski definition) is 7. The van der Waals surface area contributed by atoms with Gasteiger partial charge in [-0.2, -0.15) is 0 Å². The molecular weight excluding hydrogens is 384 g/mol. The van der Waals surface area contributed by atoms with Crippen LogP contribution in [0.1, 0.15) is 25.5 Å². The lowest BCUT2D eigenvalue weighted by molar-refractivity contribution is -0.144. The van der Waals surface area contributed by atoms with E-state index in [9.17, 15) is 24.3 Å². The normalized spacial score (nSPS) is 19.0. The number of hydrogen-bond donors (Lipinski definition) is 7. The second-order valence-corrected chi connectivity index (χ2v) is 6.83. The summed E-state index contributed by atoms with van der Waals surface area (Å²) in [6, 6.07) is -2.82. The number of aliphatic carboxylic acids is 1. The van der Waals surface area contributed by atoms with Crippen molar-refractivity contribution in [2.45, 2.75) is 50.4 Å². The number of H-pyrrole nitrogens is 1. The van der Waals surface area contributed by atoms with Crippen molar-refractivity contribution < 1.29 is 29.4 Å². The van der Waals surface area contributed by atoms with Gasteiger partial charge in [-0.1, -0.05) is 0 Å². The summed E-state index contributed by atoms with van der Waals surface area (Å²) >= 11 is 0. The van der Waals surface area contributed by atoms with Crippen LogP contribution in [0.4, 0.5) is 0 Å². The van der Waals surface area contributed by atoms with Gasteiger partial charge in [0.05, 0.1) is 25.0 Å². The number of carboxylic acids is 1. The lowest BCUT2D eigenvalue weighted by atomic mass is 10.1. The molecule has 12 heteroatoms. The average molecular weight is 410 g/mol. The van der Waals surface area contributed by atoms with E-state index in [2.05, 4.69) is 31.2 Å². The number of rotatable bonds is 10. The van der Waals surface area contributed by atoms with Crippen molar-refractivity contribution in [2.75, 3.05) is 13.1 Å². The molecule has 2 rings (SSSR count). The molecule has 4 atom stereocenters. The van der Waals surface area contributed by atoms with Gasteiger partial charge in [-0.3, -0.25) is 14.4 Å². The topological polar surface area (TPSA) is 186 Å². The van der Waals surface area contributed by atoms with E-state index in [-0.39, 0.29) is 18.4 Å². The molecule has 1 aromatic heterocycles. The molecule has 1 aliphatic rings. The highest BCUT2D eigenvalue weighted by atomic mass is 16.4. The summed E-state index contributed by atoms with van der Waals surface area (Å²) in [5.74, 6) is -3.10. The minimum atomic E-state index is -1.49. The molecule has 7 N–H and O–H groups in total. The average Bonchev–Trinajstić information content (AvgIpc) is 3.36. The largest absolute Gasteiger partial charge is 0.480 e. The van der Waals surface area contributed by atoms with Crippen LogP contribution in [0.5, 0.6) is 0 Å². The molecule has 1 fully saturated rings. The van der Waals surface area contributed by atoms with E-state index in [1.54, 1.807) is 0 Å². The maximum Gasteiger partial charge on any atom is 0.328 e. The van der Waals surface area contributed by atoms with Crippen molar-refractivity contribution in [3.8, 4) is 0 Å². The molecule has 3 amide bonds. The molecule has 1 saturated heterocycles. The monoisotopic (exact) mass is 410 g/mol. The zero-order chi connectivity index (χ0) is 21.4. The van der Waals surface area contributed by atoms with Crippen LogP contribution >= 0.6 is 0 Å². The second kappa shape index (κ2) is 10.5. The molecule has 0 bridgehead atoms. The molecule has 0 aromatic carbocycles. The van der Waals surface area contributed by atoms with E-state index in [0.29, 0.717) is 12.1 Å². The van der Waals surface area contributed by atoms with Crippen molar-refractivity contribution in [2.24, 2.45) is 0 Å². The van der Waals surface area contributed by atoms with Gasteiger partial charge < -0.3 is 36.5 Å². The number of carbonyl (C=O) groups is 4. The standard InChI is InChI=1S/C17H26N6O6/c1-9(24)14(17(28)29)23-13(25)7-20-15(26)12(5-10-6-18-8-21-10)22-16(27)11-3-2-4-19-11/h6,8-9,11-12,14,19,24H,2-5,7H2,1H3,(H,18,21)(H,20,26)(H,22,27)(H,23,25)(H,28,29). The Bertz CT molecular complexity index is 716. The van der Waals surface area contributed by atoms with Gasteiger partial charge in [-0.25, -0.2) is 9.78 Å². The molecule has 4 unspecified atom stereocenters. The Balaban J connectivity index is 1.94. The van der Waals surface area contributed by atoms with Gasteiger partial charge in [0.1, 0.15) is 6.04 Å². The Morgan fingerprint density at radius 2 is 2.07 bits per heavy atom. The first-order valence-corrected chi connectivity index (χ1v) is 9.27. The molecule has 1 aromatic rings. The van der Waals surface area contributed by atoms with Crippen molar-refractivity contribution in [1.82, 2.24) is 31.2 Å². The summed E-state index contributed by atoms with van der Waals surface area (Å²) in [5.41, 5.74) is 0.620. The molecule has 0 spiro atoms. The molecule has 1 aliphatic heterocycles. The van der Waals surface area contributed by atoms with Crippen LogP contribution in [0.3, 0.4) is 0 Å². The number of aliphatic hydroxyl groups excluding tert-OH is 1. The van der Waals surface area contributed by atoms with Crippen molar-refractivity contribution >= 4 is 23.7 Å². The molecular formula is C17H26N6O6. The van der Waals surface area contributed by atoms with Gasteiger partial charge >= 0.3 is 5.97 Å². The number of imidazole rings is 1. The fourth-order valence-electron chi connectivity index (χ4n) is 2.91. The molecule has 160 valence electrons. The summed E-state index contributed by atoms with van der Waals surface area (Å²) in [6.07, 6.45) is 3.33. The number of carbonyl (C=O) groups excluding carboxylic acids is 3. The summed E-state index contributed by atoms with van der Waals surface area (Å²) < 4.78 is 0. The first-order chi connectivity index (χ1) is 13.8. The number of amides is 3. The van der Waals surface area contributed by atoms with E-state index >= 15 is 0 Å². The lowest BCUT2D eigenvalue weighted by Crippen LogP contribution is -2.55. The van der Waals surface area contributed by atoms with Crippen molar-refractivity contribution in [3.63, 3.8) is 0 Å². The van der Waals surface area contributed by atoms with Crippen LogP contribution in [0.15, 0.2) is 12.5 Å². The molecule has 0 saturated carbocycles. The second-order valence-electron chi connectivity index (χ2n) is 6.83. The molecule has 12 nitrogen and oxygen atoms in total. The van der Waals surface area contributed by atoms with Crippen LogP contribution in [0, 0.1) is 0 Å². The SMILES string of the molecule is CC(O)C(NC(=O)CNC(=O)C(Cc1cnc[nH]1)NC(=O)C1CCCN1)C(=O)O. The number of carboxylic acid groups (broad SMARTS) is 1. The molecule has 0 aliphatic carbocycles. The van der Waals surface area contributed by atoms with Gasteiger partial charge in [-0.05, 0) is 26.3 Å². The Hall–Kier alpha value is -2.99. The summed E-state index contributed by atoms with van der Waals surface area (Å²) in [4.78, 5) is 54.6. The van der Waals surface area contributed by atoms with Gasteiger partial charge in [0, 0.05) is 18.3 Å². The van der Waals surface area contributed by atoms with Crippen LogP contribution < -0.4 is 21.3 Å². The highest BCUT2D eigenvalue weighted by Gasteiger charge is 2.29. The highest BCUT2D eigenvalue weighted by Crippen LogP contribution is 2.06. The first kappa shape index (κ1) is 22.3. The fourth-order valence-corrected chi connectivity index (χ4v) is 2.91. The van der Waals surface area contributed by atoms with Crippen LogP contribution in [0.25, 0.3) is 0 Å². The van der Waals surface area contributed by atoms with Crippen LogP contribution in [-0.2, 0) is 25.6 Å². The molecule has 2 heterocycles. The van der Waals surface area contributed by atoms with E-state index in [1.807, 2.05) is 0 Å². The number of aliphatic hydroxyl groups is 1. The van der Waals surface area contributed by atoms with E-state index in [1.165, 1.54) is 19.4 Å². The van der Waals surface area contributed by atoms with Crippen molar-refractivity contribution in [3.05, 3.63) is 18.2 Å². The number of aromatic amines is 1. The Morgan fingerprint density at radius 3 is 2.62 bits per heavy atom. The smallest absolute Gasteiger partial charge is 0.328 e. The van der Waals surface area contributed by atoms with Gasteiger partial charge in [0.2, 0.25) is 17.7 Å². The minimum absolute atomic E-state index is 0.136. The molecule has 0 radical (unpaired) electrons. The third-order valence-electron chi connectivity index (χ3n) is 4.48. The zero-order valence-electron chi connectivity index (χ0n) is 16.0. The predicted molar refractivity (Wildman–Crippen MR) is 99.5 cm³/mol. The lowest BCUT2D eigenvalue weighted by Gasteiger charge is -2.21. The van der Waals surface area contributed by atoms with E-state index < -0.39 is 42.5 Å². The third-order valence-corrected chi connectivity index (χ3v) is 4.48. The summed E-state index contributed by atoms with van der Waals surface area (Å²) in [6.45, 7) is 1.45. The summed E-state index contributed by atoms with van der Waals surface area (Å²) in [5, 5.41) is 28.6. The van der Waals surface area contributed by atoms with Gasteiger partial charge in [0.25, 0.3) is 0 Å². The zero-order valence-corrected chi connectivity index (χ0v) is 16.0. The van der Waals surface area contributed by atoms with Crippen LogP contribution in [0.2, 0.25) is 0 Å². The number of aromatic nitrogens is 2. The maximum atomic E-state index is 12.6. The van der Waals surface area contributed by atoms with Gasteiger partial charge in [-0.15, -0.1) is 0 Å². The van der Waals surface area contributed by atoms with E-state index in [0.717, 1.165) is 13.0 Å². The fraction of sp³-hybridized carbons (Fsp3) is 0.588. The minimum Gasteiger partial charge on any atom is -0.480 e.